The summed E-state index contributed by atoms with van der Waals surface area (Å²) in [5, 5.41) is 121. The molecule has 3 aliphatic rings. The molecule has 3 aliphatic heterocycles. The van der Waals surface area contributed by atoms with E-state index in [-0.39, 0.29) is 18.9 Å². The number of ether oxygens (including phenoxy) is 6. The van der Waals surface area contributed by atoms with Crippen molar-refractivity contribution >= 4 is 5.91 Å². The number of carbonyl (C=O) groups is 1. The Bertz CT molecular complexity index is 2010. The number of hydrogen-bond acceptors (Lipinski definition) is 18. The van der Waals surface area contributed by atoms with Crippen LogP contribution in [0, 0.1) is 0 Å². The van der Waals surface area contributed by atoms with Crippen LogP contribution >= 0.6 is 0 Å². The van der Waals surface area contributed by atoms with Crippen LogP contribution in [-0.4, -0.2) is 193 Å². The Morgan fingerprint density at radius 2 is 0.684 bits per heavy atom. The van der Waals surface area contributed by atoms with Crippen LogP contribution in [0.1, 0.15) is 303 Å². The van der Waals surface area contributed by atoms with Crippen molar-refractivity contribution in [2.45, 2.75) is 407 Å². The largest absolute Gasteiger partial charge is 0.394 e. The van der Waals surface area contributed by atoms with E-state index >= 15 is 0 Å². The number of rotatable bonds is 62. The van der Waals surface area contributed by atoms with E-state index in [2.05, 4.69) is 67.8 Å². The van der Waals surface area contributed by atoms with Crippen molar-refractivity contribution < 1.29 is 89.4 Å². The van der Waals surface area contributed by atoms with Gasteiger partial charge in [0.15, 0.2) is 18.9 Å². The van der Waals surface area contributed by atoms with Crippen LogP contribution in [0.2, 0.25) is 0 Å². The maximum atomic E-state index is 13.4. The third kappa shape index (κ3) is 39.9. The molecule has 19 nitrogen and oxygen atoms in total. The van der Waals surface area contributed by atoms with E-state index in [1.165, 1.54) is 218 Å². The summed E-state index contributed by atoms with van der Waals surface area (Å²) in [5.41, 5.74) is 0. The zero-order chi connectivity index (χ0) is 71.1. The number of aliphatic hydroxyl groups excluding tert-OH is 11. The summed E-state index contributed by atoms with van der Waals surface area (Å²) in [6, 6.07) is -0.997. The molecular formula is C79H143NO18. The van der Waals surface area contributed by atoms with Crippen LogP contribution in [0.15, 0.2) is 60.8 Å². The summed E-state index contributed by atoms with van der Waals surface area (Å²) in [6.07, 6.45) is 49.5. The monoisotopic (exact) mass is 1390 g/mol. The average molecular weight is 1400 g/mol. The maximum Gasteiger partial charge on any atom is 0.220 e. The lowest BCUT2D eigenvalue weighted by molar-refractivity contribution is -0.379. The SMILES string of the molecule is CCCCCCC/C=C\C/C=C\CCCCCCCCCCCCCCCCCCCCCCCCCCCC(=O)NC(COC1OC(CO)C(OC2OC(CO)C(OC3OC(CO)C(O)C(O)C3O)C(O)C2O)C(O)C1O)C(O)/C=C/CC/C=C/CC/C=C/CCCCCCCC. The summed E-state index contributed by atoms with van der Waals surface area (Å²) >= 11 is 0. The van der Waals surface area contributed by atoms with E-state index in [4.69, 9.17) is 28.4 Å². The van der Waals surface area contributed by atoms with Crippen LogP contribution in [0.25, 0.3) is 0 Å². The van der Waals surface area contributed by atoms with Crippen molar-refractivity contribution in [1.82, 2.24) is 5.32 Å². The van der Waals surface area contributed by atoms with Gasteiger partial charge in [-0.25, -0.2) is 0 Å². The van der Waals surface area contributed by atoms with Crippen molar-refractivity contribution in [2.75, 3.05) is 26.4 Å². The molecule has 3 heterocycles. The minimum Gasteiger partial charge on any atom is -0.394 e. The van der Waals surface area contributed by atoms with Crippen LogP contribution in [0.3, 0.4) is 0 Å². The van der Waals surface area contributed by atoms with Gasteiger partial charge in [-0.3, -0.25) is 4.79 Å². The molecule has 3 rings (SSSR count). The first-order valence-electron chi connectivity index (χ1n) is 39.5. The Morgan fingerprint density at radius 1 is 0.367 bits per heavy atom. The summed E-state index contributed by atoms with van der Waals surface area (Å²) in [4.78, 5) is 13.4. The Kier molecular flexibility index (Phi) is 54.8. The predicted molar refractivity (Wildman–Crippen MR) is 388 cm³/mol. The second-order valence-electron chi connectivity index (χ2n) is 28.2. The first kappa shape index (κ1) is 89.7. The highest BCUT2D eigenvalue weighted by molar-refractivity contribution is 5.76. The van der Waals surface area contributed by atoms with Crippen LogP contribution in [0.4, 0.5) is 0 Å². The molecular weight excluding hydrogens is 1250 g/mol. The summed E-state index contributed by atoms with van der Waals surface area (Å²) in [6.45, 7) is 1.71. The van der Waals surface area contributed by atoms with Gasteiger partial charge in [0.1, 0.15) is 73.2 Å². The average Bonchev–Trinajstić information content (AvgIpc) is 0.784. The lowest BCUT2D eigenvalue weighted by Crippen LogP contribution is -2.66. The highest BCUT2D eigenvalue weighted by Crippen LogP contribution is 2.33. The van der Waals surface area contributed by atoms with Gasteiger partial charge in [-0.2, -0.15) is 0 Å². The predicted octanol–water partition coefficient (Wildman–Crippen LogP) is 12.7. The molecule has 1 amide bonds. The number of allylic oxidation sites excluding steroid dienone is 9. The Hall–Kier alpha value is -2.51. The molecule has 0 aromatic heterocycles. The van der Waals surface area contributed by atoms with Crippen molar-refractivity contribution in [3.63, 3.8) is 0 Å². The molecule has 0 aliphatic carbocycles. The van der Waals surface area contributed by atoms with Crippen molar-refractivity contribution in [3.8, 4) is 0 Å². The van der Waals surface area contributed by atoms with Crippen molar-refractivity contribution in [2.24, 2.45) is 0 Å². The molecule has 17 unspecified atom stereocenters. The van der Waals surface area contributed by atoms with Gasteiger partial charge >= 0.3 is 0 Å². The summed E-state index contributed by atoms with van der Waals surface area (Å²) in [7, 11) is 0. The van der Waals surface area contributed by atoms with Gasteiger partial charge in [0.05, 0.1) is 38.6 Å². The standard InChI is InChI=1S/C79H143NO18/c1-3-5-7-9-11-13-15-17-19-21-22-23-24-25-26-27-28-29-30-31-32-33-34-35-36-37-38-39-40-41-43-45-47-49-51-53-55-57-67(85)80-62(63(84)56-54-52-50-48-46-44-42-20-18-16-14-12-10-8-6-4-2)61-93-77-73(91)70(88)75(65(59-82)95-77)98-79-74(92)71(89)76(66(60-83)96-79)97-78-72(90)69(87)68(86)64(58-81)94-78/h15,17-18,20-22,46,48,54,56,62-66,68-79,81-84,86-92H,3-14,16,19,23-45,47,49-53,55,57-61H2,1-2H3,(H,80,85)/b17-15-,20-18+,22-21-,48-46+,56-54+. The molecule has 0 bridgehead atoms. The van der Waals surface area contributed by atoms with Crippen LogP contribution in [-0.2, 0) is 33.2 Å². The summed E-state index contributed by atoms with van der Waals surface area (Å²) in [5.74, 6) is -0.286. The molecule has 0 saturated carbocycles. The number of hydrogen-bond donors (Lipinski definition) is 12. The number of nitrogens with one attached hydrogen (secondary N) is 1. The Balaban J connectivity index is 1.32. The fourth-order valence-electron chi connectivity index (χ4n) is 13.1. The molecule has 12 N–H and O–H groups in total. The molecule has 0 aromatic rings. The lowest BCUT2D eigenvalue weighted by atomic mass is 9.96. The third-order valence-corrected chi connectivity index (χ3v) is 19.5. The van der Waals surface area contributed by atoms with E-state index in [9.17, 15) is 61.0 Å². The lowest BCUT2D eigenvalue weighted by Gasteiger charge is -2.48. The van der Waals surface area contributed by atoms with Gasteiger partial charge in [0, 0.05) is 6.42 Å². The fourth-order valence-corrected chi connectivity index (χ4v) is 13.1. The normalized spacial score (nSPS) is 27.1. The minimum atomic E-state index is -1.98. The first-order valence-corrected chi connectivity index (χ1v) is 39.5. The van der Waals surface area contributed by atoms with E-state index < -0.39 is 124 Å². The molecule has 572 valence electrons. The van der Waals surface area contributed by atoms with E-state index in [0.29, 0.717) is 12.8 Å². The molecule has 98 heavy (non-hydrogen) atoms. The van der Waals surface area contributed by atoms with Gasteiger partial charge in [-0.15, -0.1) is 0 Å². The number of unbranched alkanes of at least 4 members (excludes halogenated alkanes) is 38. The molecule has 3 fully saturated rings. The number of amides is 1. The summed E-state index contributed by atoms with van der Waals surface area (Å²) < 4.78 is 34.4. The molecule has 0 radical (unpaired) electrons. The van der Waals surface area contributed by atoms with Crippen LogP contribution < -0.4 is 5.32 Å². The van der Waals surface area contributed by atoms with Gasteiger partial charge < -0.3 is 89.9 Å². The van der Waals surface area contributed by atoms with Crippen molar-refractivity contribution in [1.29, 1.82) is 0 Å². The zero-order valence-electron chi connectivity index (χ0n) is 61.0. The topological polar surface area (TPSA) is 307 Å². The molecule has 19 heteroatoms. The van der Waals surface area contributed by atoms with Gasteiger partial charge in [-0.05, 0) is 77.0 Å². The van der Waals surface area contributed by atoms with Gasteiger partial charge in [0.25, 0.3) is 0 Å². The second kappa shape index (κ2) is 59.8. The second-order valence-corrected chi connectivity index (χ2v) is 28.2. The van der Waals surface area contributed by atoms with Crippen molar-refractivity contribution in [3.05, 3.63) is 60.8 Å². The zero-order valence-corrected chi connectivity index (χ0v) is 61.0. The van der Waals surface area contributed by atoms with E-state index in [0.717, 1.165) is 51.4 Å². The fraction of sp³-hybridized carbons (Fsp3) is 0.861. The Morgan fingerprint density at radius 3 is 1.08 bits per heavy atom. The van der Waals surface area contributed by atoms with E-state index in [1.807, 2.05) is 6.08 Å². The van der Waals surface area contributed by atoms with E-state index in [1.54, 1.807) is 6.08 Å². The molecule has 17 atom stereocenters. The third-order valence-electron chi connectivity index (χ3n) is 19.5. The maximum absolute atomic E-state index is 13.4. The first-order chi connectivity index (χ1) is 47.8. The number of carbonyl (C=O) groups excluding carboxylic acids is 1. The Labute approximate surface area is 592 Å². The minimum absolute atomic E-state index is 0.234. The quantitative estimate of drug-likeness (QED) is 0.0199. The van der Waals surface area contributed by atoms with Crippen LogP contribution in [0.5, 0.6) is 0 Å². The van der Waals surface area contributed by atoms with Gasteiger partial charge in [0.2, 0.25) is 5.91 Å². The smallest absolute Gasteiger partial charge is 0.220 e. The molecule has 0 spiro atoms. The molecule has 0 aromatic carbocycles. The molecule has 3 saturated heterocycles. The number of aliphatic hydroxyl groups is 11. The highest BCUT2D eigenvalue weighted by Gasteiger charge is 2.53. The van der Waals surface area contributed by atoms with Gasteiger partial charge in [-0.1, -0.05) is 280 Å². The highest BCUT2D eigenvalue weighted by atomic mass is 16.8.